The molecular weight excluding hydrogens is 337 g/mol. The van der Waals surface area contributed by atoms with Crippen LogP contribution in [0.1, 0.15) is 44.2 Å². The summed E-state index contributed by atoms with van der Waals surface area (Å²) in [5.74, 6) is 0. The van der Waals surface area contributed by atoms with Gasteiger partial charge in [0.2, 0.25) is 0 Å². The minimum Gasteiger partial charge on any atom is -1.00 e. The van der Waals surface area contributed by atoms with Crippen LogP contribution in [0.2, 0.25) is 0 Å². The average Bonchev–Trinajstić information content (AvgIpc) is 2.78. The Bertz CT molecular complexity index is 440. The SMILES string of the molecule is CCCC[NH-].[CH2-]c1ccccc1C1=CC(C)=CC1.[Cl-].[Cl-].[Ti+2]. The van der Waals surface area contributed by atoms with Gasteiger partial charge in [-0.05, 0) is 13.3 Å². The van der Waals surface area contributed by atoms with E-state index in [1.54, 1.807) is 0 Å². The van der Waals surface area contributed by atoms with Crippen molar-refractivity contribution in [1.29, 1.82) is 0 Å². The van der Waals surface area contributed by atoms with Crippen LogP contribution in [0.5, 0.6) is 0 Å². The summed E-state index contributed by atoms with van der Waals surface area (Å²) in [5.41, 5.74) is 11.8. The molecule has 21 heavy (non-hydrogen) atoms. The number of nitrogens with one attached hydrogen (secondary N) is 1. The molecule has 0 atom stereocenters. The summed E-state index contributed by atoms with van der Waals surface area (Å²) in [6.45, 7) is 8.85. The van der Waals surface area contributed by atoms with Crippen molar-refractivity contribution >= 4 is 5.57 Å². The van der Waals surface area contributed by atoms with Crippen LogP contribution >= 0.6 is 0 Å². The van der Waals surface area contributed by atoms with Crippen molar-refractivity contribution in [3.05, 3.63) is 65.8 Å². The molecule has 1 aromatic carbocycles. The van der Waals surface area contributed by atoms with Gasteiger partial charge in [-0.15, -0.1) is 17.7 Å². The van der Waals surface area contributed by atoms with Crippen LogP contribution in [0, 0.1) is 6.92 Å². The zero-order valence-electron chi connectivity index (χ0n) is 12.8. The van der Waals surface area contributed by atoms with E-state index in [-0.39, 0.29) is 46.5 Å². The maximum absolute atomic E-state index is 6.60. The molecule has 0 spiro atoms. The van der Waals surface area contributed by atoms with E-state index < -0.39 is 0 Å². The number of halogens is 2. The minimum absolute atomic E-state index is 0. The van der Waals surface area contributed by atoms with Gasteiger partial charge in [0.1, 0.15) is 0 Å². The van der Waals surface area contributed by atoms with Crippen LogP contribution in [-0.4, -0.2) is 6.54 Å². The zero-order valence-corrected chi connectivity index (χ0v) is 15.8. The third-order valence-corrected chi connectivity index (χ3v) is 2.94. The molecule has 0 saturated heterocycles. The van der Waals surface area contributed by atoms with Crippen LogP contribution in [0.15, 0.2) is 42.0 Å². The van der Waals surface area contributed by atoms with Crippen molar-refractivity contribution < 1.29 is 46.5 Å². The smallest absolute Gasteiger partial charge is 1.00 e. The molecule has 2 rings (SSSR count). The Labute approximate surface area is 157 Å². The van der Waals surface area contributed by atoms with Crippen molar-refractivity contribution in [2.24, 2.45) is 0 Å². The molecule has 0 bridgehead atoms. The van der Waals surface area contributed by atoms with E-state index in [0.717, 1.165) is 24.8 Å². The van der Waals surface area contributed by atoms with Crippen LogP contribution in [0.3, 0.4) is 0 Å². The van der Waals surface area contributed by atoms with Gasteiger partial charge in [-0.1, -0.05) is 49.1 Å². The molecule has 0 aliphatic heterocycles. The van der Waals surface area contributed by atoms with E-state index in [4.69, 9.17) is 5.73 Å². The van der Waals surface area contributed by atoms with Crippen LogP contribution in [0.25, 0.3) is 11.3 Å². The normalized spacial score (nSPS) is 11.6. The predicted octanol–water partition coefficient (Wildman–Crippen LogP) is -0.554. The number of hydrogen-bond donors (Lipinski definition) is 0. The van der Waals surface area contributed by atoms with E-state index in [0.29, 0.717) is 6.54 Å². The van der Waals surface area contributed by atoms with Gasteiger partial charge in [-0.25, -0.2) is 0 Å². The monoisotopic (exact) mass is 359 g/mol. The molecule has 1 aliphatic rings. The van der Waals surface area contributed by atoms with Crippen molar-refractivity contribution in [1.82, 2.24) is 0 Å². The molecule has 0 aromatic heterocycles. The first-order valence-electron chi connectivity index (χ1n) is 6.62. The second kappa shape index (κ2) is 14.7. The van der Waals surface area contributed by atoms with Gasteiger partial charge in [0.25, 0.3) is 0 Å². The third-order valence-electron chi connectivity index (χ3n) is 2.94. The molecule has 0 radical (unpaired) electrons. The Hall–Kier alpha value is -0.176. The van der Waals surface area contributed by atoms with Crippen molar-refractivity contribution in [2.75, 3.05) is 6.54 Å². The molecule has 4 heteroatoms. The summed E-state index contributed by atoms with van der Waals surface area (Å²) in [4.78, 5) is 0. The van der Waals surface area contributed by atoms with Crippen molar-refractivity contribution in [2.45, 2.75) is 33.1 Å². The summed E-state index contributed by atoms with van der Waals surface area (Å²) < 4.78 is 0. The minimum atomic E-state index is 0. The fourth-order valence-electron chi connectivity index (χ4n) is 1.86. The molecule has 0 fully saturated rings. The maximum atomic E-state index is 6.60. The van der Waals surface area contributed by atoms with E-state index in [1.807, 2.05) is 6.07 Å². The molecule has 0 amide bonds. The number of benzene rings is 1. The van der Waals surface area contributed by atoms with Gasteiger partial charge in [-0.2, -0.15) is 25.1 Å². The molecule has 0 saturated carbocycles. The quantitative estimate of drug-likeness (QED) is 0.510. The standard InChI is InChI=1S/C13H13.C4H10N.2ClH.Ti/c1-10-7-8-12(9-10)13-6-4-3-5-11(13)2;1-2-3-4-5;;;/h3-7,9H,2,8H2,1H3;5H,2-4H2,1H3;2*1H;/q2*-1;;;+2/p-2. The summed E-state index contributed by atoms with van der Waals surface area (Å²) in [6.07, 6.45) is 7.76. The Morgan fingerprint density at radius 1 is 1.19 bits per heavy atom. The van der Waals surface area contributed by atoms with Gasteiger partial charge < -0.3 is 30.5 Å². The fraction of sp³-hybridized carbons (Fsp3) is 0.353. The molecule has 0 unspecified atom stereocenters. The van der Waals surface area contributed by atoms with Crippen LogP contribution in [-0.2, 0) is 21.7 Å². The first kappa shape index (κ1) is 25.8. The summed E-state index contributed by atoms with van der Waals surface area (Å²) >= 11 is 0. The molecule has 1 aromatic rings. The number of rotatable bonds is 3. The van der Waals surface area contributed by atoms with E-state index in [2.05, 4.69) is 51.1 Å². The largest absolute Gasteiger partial charge is 2.00 e. The third kappa shape index (κ3) is 9.44. The van der Waals surface area contributed by atoms with E-state index in [1.165, 1.54) is 16.7 Å². The summed E-state index contributed by atoms with van der Waals surface area (Å²) in [6, 6.07) is 8.30. The number of hydrogen-bond acceptors (Lipinski definition) is 0. The van der Waals surface area contributed by atoms with Gasteiger partial charge in [0, 0.05) is 0 Å². The topological polar surface area (TPSA) is 23.8 Å². The van der Waals surface area contributed by atoms with Crippen LogP contribution < -0.4 is 24.8 Å². The maximum Gasteiger partial charge on any atom is 2.00 e. The molecule has 1 aliphatic carbocycles. The molecule has 1 nitrogen and oxygen atoms in total. The second-order valence-corrected chi connectivity index (χ2v) is 4.58. The Morgan fingerprint density at radius 3 is 2.19 bits per heavy atom. The summed E-state index contributed by atoms with van der Waals surface area (Å²) in [5, 5.41) is 0. The fourth-order valence-corrected chi connectivity index (χ4v) is 1.86. The first-order valence-corrected chi connectivity index (χ1v) is 6.62. The second-order valence-electron chi connectivity index (χ2n) is 4.58. The summed E-state index contributed by atoms with van der Waals surface area (Å²) in [7, 11) is 0. The molecule has 0 heterocycles. The molecular formula is C17H23Cl2NTi-2. The number of allylic oxidation sites excluding steroid dienone is 4. The van der Waals surface area contributed by atoms with Gasteiger partial charge in [0.15, 0.2) is 0 Å². The predicted molar refractivity (Wildman–Crippen MR) is 81.3 cm³/mol. The molecule has 116 valence electrons. The Morgan fingerprint density at radius 2 is 1.81 bits per heavy atom. The molecule has 1 N–H and O–H groups in total. The van der Waals surface area contributed by atoms with Crippen molar-refractivity contribution in [3.63, 3.8) is 0 Å². The van der Waals surface area contributed by atoms with Gasteiger partial charge >= 0.3 is 21.7 Å². The Balaban J connectivity index is -0.000000360. The van der Waals surface area contributed by atoms with Crippen molar-refractivity contribution in [3.8, 4) is 0 Å². The van der Waals surface area contributed by atoms with E-state index >= 15 is 0 Å². The van der Waals surface area contributed by atoms with Crippen LogP contribution in [0.4, 0.5) is 0 Å². The van der Waals surface area contributed by atoms with E-state index in [9.17, 15) is 0 Å². The Kier molecular flexibility index (Phi) is 18.1. The average molecular weight is 360 g/mol. The number of unbranched alkanes of at least 4 members (excludes halogenated alkanes) is 1. The zero-order chi connectivity index (χ0) is 13.4. The first-order chi connectivity index (χ1) is 8.69. The van der Waals surface area contributed by atoms with Gasteiger partial charge in [0.05, 0.1) is 0 Å². The van der Waals surface area contributed by atoms with Gasteiger partial charge in [-0.3, -0.25) is 0 Å².